The third kappa shape index (κ3) is 3.34. The molecule has 2 aromatic rings. The topological polar surface area (TPSA) is 99.2 Å². The molecule has 0 amide bonds. The number of nitrogens with two attached hydrogens (primary N) is 1. The first-order valence-electron chi connectivity index (χ1n) is 6.25. The summed E-state index contributed by atoms with van der Waals surface area (Å²) in [6, 6.07) is 4.44. The van der Waals surface area contributed by atoms with Gasteiger partial charge in [-0.3, -0.25) is 4.68 Å². The highest BCUT2D eigenvalue weighted by Gasteiger charge is 2.12. The average Bonchev–Trinajstić information content (AvgIpc) is 2.75. The minimum Gasteiger partial charge on any atom is -0.495 e. The summed E-state index contributed by atoms with van der Waals surface area (Å²) >= 11 is 0. The molecule has 1 aromatic heterocycles. The van der Waals surface area contributed by atoms with Crippen molar-refractivity contribution < 1.29 is 13.2 Å². The fourth-order valence-electron chi connectivity index (χ4n) is 1.91. The molecule has 0 spiro atoms. The van der Waals surface area contributed by atoms with E-state index in [1.165, 1.54) is 19.2 Å². The van der Waals surface area contributed by atoms with Crippen molar-refractivity contribution in [1.82, 2.24) is 9.78 Å². The van der Waals surface area contributed by atoms with Gasteiger partial charge in [-0.2, -0.15) is 5.10 Å². The summed E-state index contributed by atoms with van der Waals surface area (Å²) < 4.78 is 29.8. The zero-order valence-corrected chi connectivity index (χ0v) is 12.9. The monoisotopic (exact) mass is 310 g/mol. The van der Waals surface area contributed by atoms with Gasteiger partial charge in [-0.15, -0.1) is 0 Å². The number of aryl methyl sites for hydroxylation is 1. The molecule has 0 aliphatic heterocycles. The van der Waals surface area contributed by atoms with Crippen LogP contribution in [0.15, 0.2) is 29.3 Å². The summed E-state index contributed by atoms with van der Waals surface area (Å²) in [4.78, 5) is 0.0358. The summed E-state index contributed by atoms with van der Waals surface area (Å²) in [7, 11) is -0.367. The molecule has 0 bridgehead atoms. The van der Waals surface area contributed by atoms with Crippen molar-refractivity contribution in [3.05, 3.63) is 35.7 Å². The lowest BCUT2D eigenvalue weighted by molar-refractivity contribution is 0.416. The van der Waals surface area contributed by atoms with Crippen LogP contribution < -0.4 is 15.2 Å². The van der Waals surface area contributed by atoms with Crippen LogP contribution in [0.5, 0.6) is 5.75 Å². The molecule has 0 atom stereocenters. The first kappa shape index (κ1) is 15.3. The van der Waals surface area contributed by atoms with Gasteiger partial charge in [0, 0.05) is 24.8 Å². The minimum absolute atomic E-state index is 0.0358. The molecule has 0 aliphatic rings. The zero-order valence-electron chi connectivity index (χ0n) is 12.1. The van der Waals surface area contributed by atoms with Crippen LogP contribution in [0.1, 0.15) is 11.3 Å². The molecule has 21 heavy (non-hydrogen) atoms. The fourth-order valence-corrected chi connectivity index (χ4v) is 2.45. The second kappa shape index (κ2) is 5.74. The van der Waals surface area contributed by atoms with Crippen LogP contribution >= 0.6 is 0 Å². The van der Waals surface area contributed by atoms with Crippen LogP contribution in [0, 0.1) is 6.92 Å². The number of aromatic nitrogens is 2. The summed E-state index contributed by atoms with van der Waals surface area (Å²) in [5, 5.41) is 12.4. The van der Waals surface area contributed by atoms with Crippen molar-refractivity contribution in [2.45, 2.75) is 18.4 Å². The van der Waals surface area contributed by atoms with Gasteiger partial charge < -0.3 is 10.1 Å². The quantitative estimate of drug-likeness (QED) is 0.858. The van der Waals surface area contributed by atoms with E-state index in [4.69, 9.17) is 9.88 Å². The lowest BCUT2D eigenvalue weighted by atomic mass is 10.2. The van der Waals surface area contributed by atoms with E-state index in [2.05, 4.69) is 10.4 Å². The highest BCUT2D eigenvalue weighted by Crippen LogP contribution is 2.27. The Morgan fingerprint density at radius 3 is 2.67 bits per heavy atom. The molecule has 2 rings (SSSR count). The summed E-state index contributed by atoms with van der Waals surface area (Å²) in [6.07, 6.45) is 1.76. The average molecular weight is 310 g/mol. The molecule has 0 unspecified atom stereocenters. The van der Waals surface area contributed by atoms with Crippen molar-refractivity contribution in [3.8, 4) is 5.75 Å². The van der Waals surface area contributed by atoms with E-state index >= 15 is 0 Å². The maximum atomic E-state index is 11.4. The second-order valence-corrected chi connectivity index (χ2v) is 6.20. The summed E-state index contributed by atoms with van der Waals surface area (Å²) in [5.41, 5.74) is 2.61. The van der Waals surface area contributed by atoms with Crippen LogP contribution in [-0.2, 0) is 23.6 Å². The standard InChI is InChI=1S/C13H18N4O3S/c1-9-10(8-16-17(9)2)7-15-12-6-11(21(14,18)19)4-5-13(12)20-3/h4-6,8,15H,7H2,1-3H3,(H2,14,18,19). The van der Waals surface area contributed by atoms with Crippen molar-refractivity contribution >= 4 is 15.7 Å². The number of nitrogens with one attached hydrogen (secondary N) is 1. The predicted octanol–water partition coefficient (Wildman–Crippen LogP) is 0.997. The molecule has 0 saturated heterocycles. The number of hydrogen-bond acceptors (Lipinski definition) is 5. The second-order valence-electron chi connectivity index (χ2n) is 4.64. The van der Waals surface area contributed by atoms with Gasteiger partial charge in [0.1, 0.15) is 5.75 Å². The van der Waals surface area contributed by atoms with Crippen molar-refractivity contribution in [2.75, 3.05) is 12.4 Å². The Hall–Kier alpha value is -2.06. The van der Waals surface area contributed by atoms with E-state index in [9.17, 15) is 8.42 Å². The van der Waals surface area contributed by atoms with E-state index in [0.717, 1.165) is 11.3 Å². The van der Waals surface area contributed by atoms with E-state index in [1.54, 1.807) is 16.9 Å². The molecule has 0 fully saturated rings. The maximum absolute atomic E-state index is 11.4. The number of methoxy groups -OCH3 is 1. The van der Waals surface area contributed by atoms with Gasteiger partial charge >= 0.3 is 0 Å². The van der Waals surface area contributed by atoms with Crippen molar-refractivity contribution in [2.24, 2.45) is 12.2 Å². The number of nitrogens with zero attached hydrogens (tertiary/aromatic N) is 2. The first-order chi connectivity index (χ1) is 9.82. The molecule has 114 valence electrons. The van der Waals surface area contributed by atoms with Crippen LogP contribution in [0.25, 0.3) is 0 Å². The smallest absolute Gasteiger partial charge is 0.238 e. The van der Waals surface area contributed by atoms with Crippen LogP contribution in [0.4, 0.5) is 5.69 Å². The molecular weight excluding hydrogens is 292 g/mol. The van der Waals surface area contributed by atoms with Crippen LogP contribution in [-0.4, -0.2) is 25.3 Å². The lowest BCUT2D eigenvalue weighted by Gasteiger charge is -2.12. The van der Waals surface area contributed by atoms with Gasteiger partial charge in [0.25, 0.3) is 0 Å². The Labute approximate surface area is 123 Å². The molecular formula is C13H18N4O3S. The largest absolute Gasteiger partial charge is 0.495 e. The molecule has 1 heterocycles. The van der Waals surface area contributed by atoms with E-state index in [1.807, 2.05) is 14.0 Å². The third-order valence-electron chi connectivity index (χ3n) is 3.31. The Balaban J connectivity index is 2.28. The Bertz CT molecular complexity index is 753. The normalized spacial score (nSPS) is 11.4. The molecule has 3 N–H and O–H groups in total. The van der Waals surface area contributed by atoms with Crippen molar-refractivity contribution in [3.63, 3.8) is 0 Å². The lowest BCUT2D eigenvalue weighted by Crippen LogP contribution is -2.13. The molecule has 0 radical (unpaired) electrons. The third-order valence-corrected chi connectivity index (χ3v) is 4.22. The number of hydrogen-bond donors (Lipinski definition) is 2. The number of sulfonamides is 1. The van der Waals surface area contributed by atoms with Gasteiger partial charge in [-0.25, -0.2) is 13.6 Å². The highest BCUT2D eigenvalue weighted by atomic mass is 32.2. The fraction of sp³-hybridized carbons (Fsp3) is 0.308. The van der Waals surface area contributed by atoms with Gasteiger partial charge in [0.15, 0.2) is 0 Å². The number of benzene rings is 1. The Morgan fingerprint density at radius 1 is 1.43 bits per heavy atom. The maximum Gasteiger partial charge on any atom is 0.238 e. The van der Waals surface area contributed by atoms with Gasteiger partial charge in [-0.1, -0.05) is 0 Å². The van der Waals surface area contributed by atoms with Gasteiger partial charge in [0.05, 0.1) is 23.9 Å². The molecule has 7 nitrogen and oxygen atoms in total. The number of primary sulfonamides is 1. The van der Waals surface area contributed by atoms with E-state index in [-0.39, 0.29) is 4.90 Å². The highest BCUT2D eigenvalue weighted by molar-refractivity contribution is 7.89. The van der Waals surface area contributed by atoms with E-state index < -0.39 is 10.0 Å². The number of anilines is 1. The summed E-state index contributed by atoms with van der Waals surface area (Å²) in [6.45, 7) is 2.46. The SMILES string of the molecule is COc1ccc(S(N)(=O)=O)cc1NCc1cnn(C)c1C. The Kier molecular flexibility index (Phi) is 4.19. The van der Waals surface area contributed by atoms with E-state index in [0.29, 0.717) is 18.0 Å². The summed E-state index contributed by atoms with van der Waals surface area (Å²) in [5.74, 6) is 0.545. The van der Waals surface area contributed by atoms with Gasteiger partial charge in [-0.05, 0) is 25.1 Å². The molecule has 0 saturated carbocycles. The van der Waals surface area contributed by atoms with Crippen molar-refractivity contribution in [1.29, 1.82) is 0 Å². The van der Waals surface area contributed by atoms with Gasteiger partial charge in [0.2, 0.25) is 10.0 Å². The molecule has 0 aliphatic carbocycles. The molecule has 8 heteroatoms. The number of ether oxygens (including phenoxy) is 1. The molecule has 1 aromatic carbocycles. The Morgan fingerprint density at radius 2 is 2.14 bits per heavy atom. The van der Waals surface area contributed by atoms with Crippen LogP contribution in [0.2, 0.25) is 0 Å². The predicted molar refractivity (Wildman–Crippen MR) is 79.6 cm³/mol. The number of rotatable bonds is 5. The minimum atomic E-state index is -3.75. The van der Waals surface area contributed by atoms with Crippen LogP contribution in [0.3, 0.4) is 0 Å². The first-order valence-corrected chi connectivity index (χ1v) is 7.79. The zero-order chi connectivity index (χ0) is 15.6.